The average molecular weight is 350 g/mol. The van der Waals surface area contributed by atoms with Crippen LogP contribution in [0.15, 0.2) is 24.3 Å². The lowest BCUT2D eigenvalue weighted by atomic mass is 9.75. The second kappa shape index (κ2) is 9.68. The third kappa shape index (κ3) is 7.45. The molecule has 0 saturated carbocycles. The van der Waals surface area contributed by atoms with Gasteiger partial charge in [0.15, 0.2) is 0 Å². The van der Waals surface area contributed by atoms with Crippen LogP contribution in [0, 0.1) is 23.6 Å². The van der Waals surface area contributed by atoms with Gasteiger partial charge in [0.25, 0.3) is 0 Å². The van der Waals surface area contributed by atoms with E-state index in [9.17, 15) is 4.39 Å². The molecule has 2 nitrogen and oxygen atoms in total. The van der Waals surface area contributed by atoms with Gasteiger partial charge in [0.05, 0.1) is 5.60 Å². The minimum Gasteiger partial charge on any atom is -0.376 e. The standard InChI is InChI=1S/C22H36FNO/c1-17(2)5-8-19(20-12-14-25-22(3,4)15-20)11-13-24-16-18-6-9-21(23)10-7-18/h6-7,9-10,17,19-20,24H,5,8,11-16H2,1-4H3. The molecule has 0 aliphatic carbocycles. The minimum absolute atomic E-state index is 0.0283. The summed E-state index contributed by atoms with van der Waals surface area (Å²) in [5.41, 5.74) is 1.17. The molecule has 2 rings (SSSR count). The fraction of sp³-hybridized carbons (Fsp3) is 0.727. The second-order valence-corrected chi connectivity index (χ2v) is 8.68. The van der Waals surface area contributed by atoms with Gasteiger partial charge in [0.2, 0.25) is 0 Å². The first kappa shape index (κ1) is 20.4. The van der Waals surface area contributed by atoms with Crippen LogP contribution < -0.4 is 5.32 Å². The maximum Gasteiger partial charge on any atom is 0.123 e. The molecule has 2 atom stereocenters. The first-order chi connectivity index (χ1) is 11.9. The lowest BCUT2D eigenvalue weighted by Crippen LogP contribution is -2.37. The second-order valence-electron chi connectivity index (χ2n) is 8.68. The normalized spacial score (nSPS) is 21.4. The molecule has 1 saturated heterocycles. The molecule has 0 spiro atoms. The number of nitrogens with one attached hydrogen (secondary N) is 1. The van der Waals surface area contributed by atoms with Gasteiger partial charge >= 0.3 is 0 Å². The van der Waals surface area contributed by atoms with Crippen LogP contribution >= 0.6 is 0 Å². The highest BCUT2D eigenvalue weighted by atomic mass is 19.1. The van der Waals surface area contributed by atoms with E-state index in [-0.39, 0.29) is 11.4 Å². The summed E-state index contributed by atoms with van der Waals surface area (Å²) in [5, 5.41) is 3.55. The summed E-state index contributed by atoms with van der Waals surface area (Å²) in [6.07, 6.45) is 6.21. The first-order valence-electron chi connectivity index (χ1n) is 9.95. The van der Waals surface area contributed by atoms with Gasteiger partial charge in [-0.25, -0.2) is 4.39 Å². The molecular weight excluding hydrogens is 313 g/mol. The predicted octanol–water partition coefficient (Wildman–Crippen LogP) is 5.56. The highest BCUT2D eigenvalue weighted by Crippen LogP contribution is 2.37. The van der Waals surface area contributed by atoms with Gasteiger partial charge < -0.3 is 10.1 Å². The van der Waals surface area contributed by atoms with E-state index in [1.165, 1.54) is 44.2 Å². The van der Waals surface area contributed by atoms with Crippen molar-refractivity contribution in [3.05, 3.63) is 35.6 Å². The first-order valence-corrected chi connectivity index (χ1v) is 9.95. The molecule has 0 bridgehead atoms. The molecule has 142 valence electrons. The van der Waals surface area contributed by atoms with Crippen LogP contribution in [0.2, 0.25) is 0 Å². The smallest absolute Gasteiger partial charge is 0.123 e. The third-order valence-corrected chi connectivity index (χ3v) is 5.45. The van der Waals surface area contributed by atoms with E-state index in [0.29, 0.717) is 0 Å². The van der Waals surface area contributed by atoms with Gasteiger partial charge in [-0.15, -0.1) is 0 Å². The van der Waals surface area contributed by atoms with E-state index in [1.807, 2.05) is 12.1 Å². The zero-order chi connectivity index (χ0) is 18.3. The highest BCUT2D eigenvalue weighted by Gasteiger charge is 2.33. The maximum absolute atomic E-state index is 13.0. The Balaban J connectivity index is 1.81. The number of rotatable bonds is 9. The molecule has 1 aliphatic rings. The van der Waals surface area contributed by atoms with E-state index in [4.69, 9.17) is 4.74 Å². The summed E-state index contributed by atoms with van der Waals surface area (Å²) in [6, 6.07) is 6.79. The van der Waals surface area contributed by atoms with Gasteiger partial charge in [-0.1, -0.05) is 32.4 Å². The van der Waals surface area contributed by atoms with Crippen LogP contribution in [0.3, 0.4) is 0 Å². The van der Waals surface area contributed by atoms with E-state index < -0.39 is 0 Å². The van der Waals surface area contributed by atoms with Crippen molar-refractivity contribution in [2.45, 2.75) is 71.9 Å². The van der Waals surface area contributed by atoms with Crippen molar-refractivity contribution in [3.63, 3.8) is 0 Å². The molecule has 1 heterocycles. The van der Waals surface area contributed by atoms with Crippen LogP contribution in [-0.2, 0) is 11.3 Å². The highest BCUT2D eigenvalue weighted by molar-refractivity contribution is 5.15. The molecule has 0 radical (unpaired) electrons. The van der Waals surface area contributed by atoms with Gasteiger partial charge in [-0.2, -0.15) is 0 Å². The van der Waals surface area contributed by atoms with Crippen LogP contribution in [-0.4, -0.2) is 18.8 Å². The molecule has 1 fully saturated rings. The van der Waals surface area contributed by atoms with Crippen LogP contribution in [0.25, 0.3) is 0 Å². The zero-order valence-corrected chi connectivity index (χ0v) is 16.5. The number of hydrogen-bond acceptors (Lipinski definition) is 2. The molecule has 1 aromatic carbocycles. The fourth-order valence-electron chi connectivity index (χ4n) is 3.97. The summed E-state index contributed by atoms with van der Waals surface area (Å²) >= 11 is 0. The van der Waals surface area contributed by atoms with Crippen molar-refractivity contribution in [1.82, 2.24) is 5.32 Å². The third-order valence-electron chi connectivity index (χ3n) is 5.45. The quantitative estimate of drug-likeness (QED) is 0.589. The average Bonchev–Trinajstić information content (AvgIpc) is 2.54. The monoisotopic (exact) mass is 349 g/mol. The Kier molecular flexibility index (Phi) is 7.89. The molecule has 1 N–H and O–H groups in total. The van der Waals surface area contributed by atoms with E-state index in [0.717, 1.165) is 43.0 Å². The van der Waals surface area contributed by atoms with Crippen molar-refractivity contribution >= 4 is 0 Å². The Morgan fingerprint density at radius 3 is 2.52 bits per heavy atom. The maximum atomic E-state index is 13.0. The molecule has 25 heavy (non-hydrogen) atoms. The molecular formula is C22H36FNO. The Bertz CT molecular complexity index is 497. The summed E-state index contributed by atoms with van der Waals surface area (Å²) in [6.45, 7) is 11.8. The molecule has 0 amide bonds. The van der Waals surface area contributed by atoms with Gasteiger partial charge in [-0.05, 0) is 81.5 Å². The lowest BCUT2D eigenvalue weighted by molar-refractivity contribution is -0.0839. The lowest BCUT2D eigenvalue weighted by Gasteiger charge is -2.39. The van der Waals surface area contributed by atoms with Gasteiger partial charge in [0, 0.05) is 13.2 Å². The number of benzene rings is 1. The Labute approximate surface area is 153 Å². The van der Waals surface area contributed by atoms with Crippen molar-refractivity contribution in [3.8, 4) is 0 Å². The van der Waals surface area contributed by atoms with E-state index >= 15 is 0 Å². The minimum atomic E-state index is -0.167. The van der Waals surface area contributed by atoms with E-state index in [1.54, 1.807) is 0 Å². The molecule has 2 unspecified atom stereocenters. The summed E-state index contributed by atoms with van der Waals surface area (Å²) in [7, 11) is 0. The number of halogens is 1. The van der Waals surface area contributed by atoms with Crippen LogP contribution in [0.5, 0.6) is 0 Å². The largest absolute Gasteiger partial charge is 0.376 e. The molecule has 1 aliphatic heterocycles. The topological polar surface area (TPSA) is 21.3 Å². The van der Waals surface area contributed by atoms with Crippen LogP contribution in [0.4, 0.5) is 4.39 Å². The SMILES string of the molecule is CC(C)CCC(CCNCc1ccc(F)cc1)C1CCOC(C)(C)C1. The zero-order valence-electron chi connectivity index (χ0n) is 16.5. The van der Waals surface area contributed by atoms with E-state index in [2.05, 4.69) is 33.0 Å². The number of hydrogen-bond donors (Lipinski definition) is 1. The Morgan fingerprint density at radius 1 is 1.16 bits per heavy atom. The molecule has 1 aromatic rings. The van der Waals surface area contributed by atoms with Crippen molar-refractivity contribution in [2.75, 3.05) is 13.2 Å². The van der Waals surface area contributed by atoms with Crippen molar-refractivity contribution in [2.24, 2.45) is 17.8 Å². The number of ether oxygens (including phenoxy) is 1. The summed E-state index contributed by atoms with van der Waals surface area (Å²) in [5.74, 6) is 2.14. The summed E-state index contributed by atoms with van der Waals surface area (Å²) < 4.78 is 18.9. The Morgan fingerprint density at radius 2 is 1.88 bits per heavy atom. The molecule has 3 heteroatoms. The van der Waals surface area contributed by atoms with Crippen LogP contribution in [0.1, 0.15) is 65.4 Å². The summed E-state index contributed by atoms with van der Waals surface area (Å²) in [4.78, 5) is 0. The van der Waals surface area contributed by atoms with Gasteiger partial charge in [0.1, 0.15) is 5.82 Å². The predicted molar refractivity (Wildman–Crippen MR) is 103 cm³/mol. The van der Waals surface area contributed by atoms with Gasteiger partial charge in [-0.3, -0.25) is 0 Å². The Hall–Kier alpha value is -0.930. The van der Waals surface area contributed by atoms with Crippen molar-refractivity contribution in [1.29, 1.82) is 0 Å². The molecule has 0 aromatic heterocycles. The fourth-order valence-corrected chi connectivity index (χ4v) is 3.97. The van der Waals surface area contributed by atoms with Crippen molar-refractivity contribution < 1.29 is 9.13 Å².